The van der Waals surface area contributed by atoms with Crippen molar-refractivity contribution in [1.29, 1.82) is 0 Å². The van der Waals surface area contributed by atoms with Crippen LogP contribution in [0.3, 0.4) is 0 Å². The number of hydrogen-bond acceptors (Lipinski definition) is 5. The molecule has 3 heterocycles. The van der Waals surface area contributed by atoms with Crippen LogP contribution in [0.2, 0.25) is 0 Å². The lowest BCUT2D eigenvalue weighted by Crippen LogP contribution is -2.38. The van der Waals surface area contributed by atoms with Crippen LogP contribution in [0.1, 0.15) is 65.6 Å². The average Bonchev–Trinajstić information content (AvgIpc) is 3.24. The van der Waals surface area contributed by atoms with Crippen molar-refractivity contribution in [3.05, 3.63) is 47.9 Å². The van der Waals surface area contributed by atoms with Gasteiger partial charge in [-0.2, -0.15) is 13.2 Å². The van der Waals surface area contributed by atoms with Crippen LogP contribution in [-0.2, 0) is 22.3 Å². The highest BCUT2D eigenvalue weighted by Crippen LogP contribution is 2.28. The molecule has 0 saturated carbocycles. The van der Waals surface area contributed by atoms with E-state index >= 15 is 0 Å². The van der Waals surface area contributed by atoms with E-state index in [4.69, 9.17) is 4.74 Å². The number of likely N-dealkylation sites (tertiary alicyclic amines) is 1. The lowest BCUT2D eigenvalue weighted by Gasteiger charge is -2.26. The molecule has 0 radical (unpaired) electrons. The van der Waals surface area contributed by atoms with Crippen molar-refractivity contribution in [2.24, 2.45) is 0 Å². The molecular weight excluding hydrogens is 461 g/mol. The summed E-state index contributed by atoms with van der Waals surface area (Å²) < 4.78 is 42.5. The Morgan fingerprint density at radius 3 is 2.37 bits per heavy atom. The molecule has 1 fully saturated rings. The Balaban J connectivity index is 0.000000354. The maximum atomic E-state index is 12.4. The SMILES string of the molecule is CC.CC1CCCN1C(=O)OC(C)(C)C.O=CNCc1ccnc(-c2ccc(C(F)(F)F)nc2)c1. The number of halogens is 3. The van der Waals surface area contributed by atoms with Crippen molar-refractivity contribution >= 4 is 12.5 Å². The van der Waals surface area contributed by atoms with E-state index in [1.165, 1.54) is 12.3 Å². The number of carbonyl (C=O) groups is 2. The number of nitrogens with one attached hydrogen (secondary N) is 1. The molecule has 35 heavy (non-hydrogen) atoms. The van der Waals surface area contributed by atoms with Gasteiger partial charge in [0.1, 0.15) is 11.3 Å². The second-order valence-corrected chi connectivity index (χ2v) is 8.64. The van der Waals surface area contributed by atoms with Gasteiger partial charge >= 0.3 is 12.3 Å². The average molecular weight is 497 g/mol. The lowest BCUT2D eigenvalue weighted by molar-refractivity contribution is -0.141. The third kappa shape index (κ3) is 10.3. The van der Waals surface area contributed by atoms with E-state index in [1.807, 2.05) is 39.5 Å². The first kappa shape index (κ1) is 29.9. The summed E-state index contributed by atoms with van der Waals surface area (Å²) in [6, 6.07) is 5.95. The van der Waals surface area contributed by atoms with Crippen LogP contribution < -0.4 is 5.32 Å². The number of amides is 2. The Labute approximate surface area is 205 Å². The second-order valence-electron chi connectivity index (χ2n) is 8.64. The van der Waals surface area contributed by atoms with Gasteiger partial charge in [-0.1, -0.05) is 13.8 Å². The molecule has 1 aliphatic rings. The molecule has 2 aromatic rings. The quantitative estimate of drug-likeness (QED) is 0.538. The molecule has 194 valence electrons. The van der Waals surface area contributed by atoms with Crippen LogP contribution in [0.4, 0.5) is 18.0 Å². The Hall–Kier alpha value is -3.17. The maximum Gasteiger partial charge on any atom is 0.433 e. The molecule has 1 atom stereocenters. The molecule has 1 unspecified atom stereocenters. The predicted octanol–water partition coefficient (Wildman–Crippen LogP) is 5.84. The largest absolute Gasteiger partial charge is 0.444 e. The number of ether oxygens (including phenoxy) is 1. The monoisotopic (exact) mass is 496 g/mol. The number of rotatable bonds is 4. The van der Waals surface area contributed by atoms with E-state index < -0.39 is 11.9 Å². The number of aromatic nitrogens is 2. The number of pyridine rings is 2. The Morgan fingerprint density at radius 1 is 1.20 bits per heavy atom. The van der Waals surface area contributed by atoms with Crippen molar-refractivity contribution < 1.29 is 27.5 Å². The van der Waals surface area contributed by atoms with Gasteiger partial charge in [0.2, 0.25) is 6.41 Å². The van der Waals surface area contributed by atoms with Gasteiger partial charge in [0.05, 0.1) is 5.69 Å². The third-order valence-electron chi connectivity index (χ3n) is 4.74. The summed E-state index contributed by atoms with van der Waals surface area (Å²) >= 11 is 0. The summed E-state index contributed by atoms with van der Waals surface area (Å²) in [6.45, 7) is 12.9. The summed E-state index contributed by atoms with van der Waals surface area (Å²) in [4.78, 5) is 31.1. The lowest BCUT2D eigenvalue weighted by atomic mass is 10.1. The number of hydrogen-bond donors (Lipinski definition) is 1. The Kier molecular flexibility index (Phi) is 11.6. The number of nitrogens with zero attached hydrogens (tertiary/aromatic N) is 3. The van der Waals surface area contributed by atoms with E-state index in [9.17, 15) is 22.8 Å². The van der Waals surface area contributed by atoms with Crippen molar-refractivity contribution in [2.45, 2.75) is 78.7 Å². The highest BCUT2D eigenvalue weighted by Gasteiger charge is 2.32. The van der Waals surface area contributed by atoms with E-state index in [1.54, 1.807) is 12.1 Å². The molecule has 2 amide bonds. The fraction of sp³-hybridized carbons (Fsp3) is 0.520. The fourth-order valence-corrected chi connectivity index (χ4v) is 3.14. The number of carbonyl (C=O) groups excluding carboxylic acids is 2. The standard InChI is InChI=1S/C13H10F3N3O.C10H19NO2.C2H6/c14-13(15,16)12-2-1-10(7-19-12)11-5-9(3-4-18-11)6-17-8-20;1-8-6-5-7-11(8)9(12)13-10(2,3)4;1-2/h1-5,7-8H,6H2,(H,17,20);8H,5-7H2,1-4H3;1-2H3. The summed E-state index contributed by atoms with van der Waals surface area (Å²) in [5.41, 5.74) is 0.448. The van der Waals surface area contributed by atoms with E-state index in [0.717, 1.165) is 37.2 Å². The molecule has 0 spiro atoms. The van der Waals surface area contributed by atoms with E-state index in [0.29, 0.717) is 30.3 Å². The van der Waals surface area contributed by atoms with E-state index in [2.05, 4.69) is 22.2 Å². The van der Waals surface area contributed by atoms with Gasteiger partial charge in [0.15, 0.2) is 0 Å². The van der Waals surface area contributed by atoms with Crippen LogP contribution in [0.25, 0.3) is 11.3 Å². The van der Waals surface area contributed by atoms with Crippen molar-refractivity contribution in [2.75, 3.05) is 6.54 Å². The first-order chi connectivity index (χ1) is 16.4. The highest BCUT2D eigenvalue weighted by atomic mass is 19.4. The van der Waals surface area contributed by atoms with Gasteiger partial charge in [-0.25, -0.2) is 4.79 Å². The van der Waals surface area contributed by atoms with Gasteiger partial charge in [-0.15, -0.1) is 0 Å². The minimum Gasteiger partial charge on any atom is -0.444 e. The zero-order valence-corrected chi connectivity index (χ0v) is 21.1. The van der Waals surface area contributed by atoms with Crippen molar-refractivity contribution in [3.63, 3.8) is 0 Å². The third-order valence-corrected chi connectivity index (χ3v) is 4.74. The maximum absolute atomic E-state index is 12.4. The van der Waals surface area contributed by atoms with Gasteiger partial charge in [-0.3, -0.25) is 14.8 Å². The predicted molar refractivity (Wildman–Crippen MR) is 128 cm³/mol. The molecule has 1 saturated heterocycles. The topological polar surface area (TPSA) is 84.4 Å². The fourth-order valence-electron chi connectivity index (χ4n) is 3.14. The summed E-state index contributed by atoms with van der Waals surface area (Å²) in [7, 11) is 0. The summed E-state index contributed by atoms with van der Waals surface area (Å²) in [5.74, 6) is 0. The summed E-state index contributed by atoms with van der Waals surface area (Å²) in [5, 5.41) is 2.50. The van der Waals surface area contributed by atoms with Gasteiger partial charge in [-0.05, 0) is 70.4 Å². The smallest absolute Gasteiger partial charge is 0.433 e. The highest BCUT2D eigenvalue weighted by molar-refractivity contribution is 5.68. The summed E-state index contributed by atoms with van der Waals surface area (Å²) in [6.07, 6.45) is 0.787. The van der Waals surface area contributed by atoms with Gasteiger partial charge in [0, 0.05) is 37.1 Å². The van der Waals surface area contributed by atoms with Crippen LogP contribution in [-0.4, -0.2) is 45.6 Å². The molecule has 2 aromatic heterocycles. The van der Waals surface area contributed by atoms with E-state index in [-0.39, 0.29) is 11.7 Å². The Bertz CT molecular complexity index is 929. The molecule has 0 aromatic carbocycles. The normalized spacial score (nSPS) is 15.2. The number of alkyl halides is 3. The molecule has 0 bridgehead atoms. The molecule has 1 aliphatic heterocycles. The molecule has 0 aliphatic carbocycles. The molecule has 3 rings (SSSR count). The van der Waals surface area contributed by atoms with Crippen LogP contribution >= 0.6 is 0 Å². The van der Waals surface area contributed by atoms with Crippen molar-refractivity contribution in [1.82, 2.24) is 20.2 Å². The van der Waals surface area contributed by atoms with Crippen LogP contribution in [0, 0.1) is 0 Å². The zero-order valence-electron chi connectivity index (χ0n) is 21.1. The first-order valence-electron chi connectivity index (χ1n) is 11.6. The molecular formula is C25H35F3N4O3. The van der Waals surface area contributed by atoms with Crippen molar-refractivity contribution in [3.8, 4) is 11.3 Å². The molecule has 1 N–H and O–H groups in total. The minimum absolute atomic E-state index is 0.169. The zero-order chi connectivity index (χ0) is 26.6. The van der Waals surface area contributed by atoms with Crippen LogP contribution in [0.5, 0.6) is 0 Å². The van der Waals surface area contributed by atoms with Gasteiger partial charge < -0.3 is 15.0 Å². The minimum atomic E-state index is -4.46. The second kappa shape index (κ2) is 13.7. The van der Waals surface area contributed by atoms with Crippen LogP contribution in [0.15, 0.2) is 36.7 Å². The van der Waals surface area contributed by atoms with Gasteiger partial charge in [0.25, 0.3) is 0 Å². The molecule has 10 heteroatoms. The molecule has 7 nitrogen and oxygen atoms in total. The Morgan fingerprint density at radius 2 is 1.89 bits per heavy atom. The first-order valence-corrected chi connectivity index (χ1v) is 11.6.